The monoisotopic (exact) mass is 282 g/mol. The molecule has 5 heteroatoms. The fraction of sp³-hybridized carbons (Fsp3) is 0.571. The van der Waals surface area contributed by atoms with Crippen molar-refractivity contribution in [3.63, 3.8) is 0 Å². The van der Waals surface area contributed by atoms with Crippen molar-refractivity contribution in [2.45, 2.75) is 43.5 Å². The van der Waals surface area contributed by atoms with Crippen molar-refractivity contribution >= 4 is 21.2 Å². The zero-order valence-electron chi connectivity index (χ0n) is 11.5. The molecule has 1 aliphatic carbocycles. The quantitative estimate of drug-likeness (QED) is 0.787. The molecule has 0 amide bonds. The summed E-state index contributed by atoms with van der Waals surface area (Å²) < 4.78 is 23.3. The van der Waals surface area contributed by atoms with Gasteiger partial charge in [0.05, 0.1) is 16.3 Å². The van der Waals surface area contributed by atoms with Crippen molar-refractivity contribution in [1.82, 2.24) is 0 Å². The molecular weight excluding hydrogens is 260 g/mol. The lowest BCUT2D eigenvalue weighted by molar-refractivity contribution is 0.587. The van der Waals surface area contributed by atoms with E-state index in [2.05, 4.69) is 12.2 Å². The van der Waals surface area contributed by atoms with Gasteiger partial charge in [0.15, 0.2) is 9.84 Å². The lowest BCUT2D eigenvalue weighted by Crippen LogP contribution is -2.20. The van der Waals surface area contributed by atoms with Crippen LogP contribution in [0.5, 0.6) is 0 Å². The van der Waals surface area contributed by atoms with E-state index >= 15 is 0 Å². The van der Waals surface area contributed by atoms with Crippen molar-refractivity contribution in [1.29, 1.82) is 0 Å². The Morgan fingerprint density at radius 2 is 2.11 bits per heavy atom. The van der Waals surface area contributed by atoms with E-state index in [0.717, 1.165) is 24.4 Å². The van der Waals surface area contributed by atoms with E-state index in [1.54, 1.807) is 12.1 Å². The highest BCUT2D eigenvalue weighted by Gasteiger charge is 2.25. The van der Waals surface area contributed by atoms with Gasteiger partial charge in [-0.25, -0.2) is 8.42 Å². The van der Waals surface area contributed by atoms with Gasteiger partial charge in [0.2, 0.25) is 0 Å². The minimum atomic E-state index is -3.27. The molecule has 0 saturated heterocycles. The van der Waals surface area contributed by atoms with Gasteiger partial charge in [0.25, 0.3) is 0 Å². The Balaban J connectivity index is 2.19. The smallest absolute Gasteiger partial charge is 0.177 e. The summed E-state index contributed by atoms with van der Waals surface area (Å²) in [5.74, 6) is 0.830. The molecule has 1 fully saturated rings. The van der Waals surface area contributed by atoms with Crippen LogP contribution in [0.4, 0.5) is 11.4 Å². The summed E-state index contributed by atoms with van der Waals surface area (Å²) in [5, 5.41) is 3.39. The normalized spacial score (nSPS) is 17.2. The van der Waals surface area contributed by atoms with Gasteiger partial charge in [-0.2, -0.15) is 0 Å². The maximum atomic E-state index is 11.6. The molecule has 0 aliphatic heterocycles. The lowest BCUT2D eigenvalue weighted by Gasteiger charge is -2.20. The molecule has 4 nitrogen and oxygen atoms in total. The van der Waals surface area contributed by atoms with Crippen LogP contribution in [0.2, 0.25) is 0 Å². The molecule has 1 aromatic carbocycles. The van der Waals surface area contributed by atoms with Crippen LogP contribution in [0.15, 0.2) is 23.1 Å². The second-order valence-corrected chi connectivity index (χ2v) is 7.40. The van der Waals surface area contributed by atoms with Gasteiger partial charge in [-0.05, 0) is 30.9 Å². The average molecular weight is 282 g/mol. The minimum Gasteiger partial charge on any atom is -0.396 e. The number of sulfone groups is 1. The van der Waals surface area contributed by atoms with Crippen LogP contribution >= 0.6 is 0 Å². The summed E-state index contributed by atoms with van der Waals surface area (Å²) in [4.78, 5) is 0.207. The summed E-state index contributed by atoms with van der Waals surface area (Å²) in [6, 6.07) is 5.50. The predicted molar refractivity (Wildman–Crippen MR) is 79.0 cm³/mol. The second kappa shape index (κ2) is 5.41. The number of anilines is 2. The van der Waals surface area contributed by atoms with E-state index in [-0.39, 0.29) is 4.90 Å². The number of rotatable bonds is 6. The second-order valence-electron chi connectivity index (χ2n) is 5.42. The predicted octanol–water partition coefficient (Wildman–Crippen LogP) is 2.66. The molecule has 1 unspecified atom stereocenters. The minimum absolute atomic E-state index is 0.207. The Morgan fingerprint density at radius 3 is 2.63 bits per heavy atom. The van der Waals surface area contributed by atoms with Crippen LogP contribution in [0, 0.1) is 5.92 Å². The third-order valence-electron chi connectivity index (χ3n) is 3.63. The van der Waals surface area contributed by atoms with Crippen molar-refractivity contribution in [3.8, 4) is 0 Å². The largest absolute Gasteiger partial charge is 0.396 e. The SMILES string of the molecule is CCC(CC1CC1)Nc1cccc(S(C)(=O)=O)c1N. The molecule has 1 aliphatic rings. The Bertz CT molecular complexity index is 551. The van der Waals surface area contributed by atoms with Crippen molar-refractivity contribution in [2.24, 2.45) is 5.92 Å². The summed E-state index contributed by atoms with van der Waals surface area (Å²) in [5.41, 5.74) is 7.04. The lowest BCUT2D eigenvalue weighted by atomic mass is 10.1. The summed E-state index contributed by atoms with van der Waals surface area (Å²) in [6.07, 6.45) is 5.97. The molecule has 3 N–H and O–H groups in total. The molecule has 19 heavy (non-hydrogen) atoms. The Kier molecular flexibility index (Phi) is 4.04. The third-order valence-corrected chi connectivity index (χ3v) is 4.79. The fourth-order valence-corrected chi connectivity index (χ4v) is 3.13. The van der Waals surface area contributed by atoms with Crippen LogP contribution < -0.4 is 11.1 Å². The maximum absolute atomic E-state index is 11.6. The van der Waals surface area contributed by atoms with Crippen LogP contribution in [0.3, 0.4) is 0 Å². The van der Waals surface area contributed by atoms with E-state index in [1.165, 1.54) is 19.1 Å². The first kappa shape index (κ1) is 14.2. The molecule has 0 bridgehead atoms. The van der Waals surface area contributed by atoms with Gasteiger partial charge in [0.1, 0.15) is 0 Å². The maximum Gasteiger partial charge on any atom is 0.177 e. The molecule has 1 atom stereocenters. The van der Waals surface area contributed by atoms with Gasteiger partial charge in [-0.1, -0.05) is 25.8 Å². The molecule has 0 spiro atoms. The van der Waals surface area contributed by atoms with E-state index < -0.39 is 9.84 Å². The van der Waals surface area contributed by atoms with Gasteiger partial charge in [-0.15, -0.1) is 0 Å². The highest BCUT2D eigenvalue weighted by atomic mass is 32.2. The van der Waals surface area contributed by atoms with Crippen molar-refractivity contribution in [3.05, 3.63) is 18.2 Å². The first-order valence-electron chi connectivity index (χ1n) is 6.77. The van der Waals surface area contributed by atoms with Gasteiger partial charge >= 0.3 is 0 Å². The van der Waals surface area contributed by atoms with Gasteiger partial charge in [-0.3, -0.25) is 0 Å². The number of nitrogens with two attached hydrogens (primary N) is 1. The topological polar surface area (TPSA) is 72.2 Å². The zero-order chi connectivity index (χ0) is 14.0. The van der Waals surface area contributed by atoms with Gasteiger partial charge < -0.3 is 11.1 Å². The number of hydrogen-bond donors (Lipinski definition) is 2. The van der Waals surface area contributed by atoms with E-state index in [9.17, 15) is 8.42 Å². The van der Waals surface area contributed by atoms with Crippen LogP contribution in [-0.4, -0.2) is 20.7 Å². The molecule has 0 heterocycles. The highest BCUT2D eigenvalue weighted by molar-refractivity contribution is 7.90. The van der Waals surface area contributed by atoms with E-state index in [1.807, 2.05) is 6.07 Å². The van der Waals surface area contributed by atoms with Crippen LogP contribution in [0.1, 0.15) is 32.6 Å². The number of nitrogen functional groups attached to an aromatic ring is 1. The molecule has 1 saturated carbocycles. The third kappa shape index (κ3) is 3.62. The molecule has 1 aromatic rings. The summed E-state index contributed by atoms with van der Waals surface area (Å²) in [6.45, 7) is 2.14. The standard InChI is InChI=1S/C14H22N2O2S/c1-3-11(9-10-7-8-10)16-12-5-4-6-13(14(12)15)19(2,17)18/h4-6,10-11,16H,3,7-9,15H2,1-2H3. The first-order chi connectivity index (χ1) is 8.91. The molecule has 106 valence electrons. The van der Waals surface area contributed by atoms with Gasteiger partial charge in [0, 0.05) is 12.3 Å². The molecular formula is C14H22N2O2S. The Labute approximate surface area is 115 Å². The summed E-state index contributed by atoms with van der Waals surface area (Å²) >= 11 is 0. The number of para-hydroxylation sites is 1. The van der Waals surface area contributed by atoms with E-state index in [0.29, 0.717) is 11.7 Å². The molecule has 0 aromatic heterocycles. The van der Waals surface area contributed by atoms with Crippen LogP contribution in [0.25, 0.3) is 0 Å². The van der Waals surface area contributed by atoms with Crippen molar-refractivity contribution in [2.75, 3.05) is 17.3 Å². The zero-order valence-corrected chi connectivity index (χ0v) is 12.3. The Hall–Kier alpha value is -1.23. The fourth-order valence-electron chi connectivity index (χ4n) is 2.30. The molecule has 2 rings (SSSR count). The highest BCUT2D eigenvalue weighted by Crippen LogP contribution is 2.35. The Morgan fingerprint density at radius 1 is 1.42 bits per heavy atom. The van der Waals surface area contributed by atoms with Crippen LogP contribution in [-0.2, 0) is 9.84 Å². The summed E-state index contributed by atoms with van der Waals surface area (Å²) in [7, 11) is -3.27. The number of nitrogens with one attached hydrogen (secondary N) is 1. The van der Waals surface area contributed by atoms with E-state index in [4.69, 9.17) is 5.73 Å². The number of hydrogen-bond acceptors (Lipinski definition) is 4. The molecule has 0 radical (unpaired) electrons. The average Bonchev–Trinajstić information content (AvgIpc) is 3.13. The number of benzene rings is 1. The van der Waals surface area contributed by atoms with Crippen molar-refractivity contribution < 1.29 is 8.42 Å². The first-order valence-corrected chi connectivity index (χ1v) is 8.66.